The lowest BCUT2D eigenvalue weighted by molar-refractivity contribution is 0.225. The zero-order chi connectivity index (χ0) is 13.6. The molecule has 0 radical (unpaired) electrons. The Kier molecular flexibility index (Phi) is 4.82. The van der Waals surface area contributed by atoms with Crippen molar-refractivity contribution < 1.29 is 0 Å². The van der Waals surface area contributed by atoms with Crippen molar-refractivity contribution in [3.63, 3.8) is 0 Å². The third-order valence-electron chi connectivity index (χ3n) is 4.46. The summed E-state index contributed by atoms with van der Waals surface area (Å²) in [5.74, 6) is 1.77. The second-order valence-electron chi connectivity index (χ2n) is 5.88. The van der Waals surface area contributed by atoms with Crippen LogP contribution in [0.4, 0.5) is 5.95 Å². The van der Waals surface area contributed by atoms with Crippen LogP contribution < -0.4 is 10.2 Å². The molecule has 20 heavy (non-hydrogen) atoms. The lowest BCUT2D eigenvalue weighted by Crippen LogP contribution is -2.47. The number of piperazine rings is 1. The fourth-order valence-corrected chi connectivity index (χ4v) is 3.16. The van der Waals surface area contributed by atoms with Crippen molar-refractivity contribution in [2.45, 2.75) is 19.3 Å². The van der Waals surface area contributed by atoms with Gasteiger partial charge < -0.3 is 10.2 Å². The molecule has 0 aromatic carbocycles. The van der Waals surface area contributed by atoms with Crippen molar-refractivity contribution in [2.24, 2.45) is 5.92 Å². The Hall–Kier alpha value is -1.20. The molecular weight excluding hydrogens is 250 g/mol. The monoisotopic (exact) mass is 275 g/mol. The molecule has 110 valence electrons. The number of piperidine rings is 1. The maximum absolute atomic E-state index is 4.33. The number of nitrogens with zero attached hydrogens (tertiary/aromatic N) is 4. The Morgan fingerprint density at radius 3 is 2.65 bits per heavy atom. The van der Waals surface area contributed by atoms with Crippen LogP contribution in [0.25, 0.3) is 0 Å². The molecular formula is C15H25N5. The molecule has 1 unspecified atom stereocenters. The second kappa shape index (κ2) is 6.99. The van der Waals surface area contributed by atoms with Crippen LogP contribution in [0.1, 0.15) is 19.3 Å². The predicted octanol–water partition coefficient (Wildman–Crippen LogP) is 0.988. The quantitative estimate of drug-likeness (QED) is 0.888. The van der Waals surface area contributed by atoms with Gasteiger partial charge in [-0.3, -0.25) is 4.90 Å². The summed E-state index contributed by atoms with van der Waals surface area (Å²) >= 11 is 0. The summed E-state index contributed by atoms with van der Waals surface area (Å²) in [6, 6.07) is 1.87. The van der Waals surface area contributed by atoms with Gasteiger partial charge in [0.15, 0.2) is 0 Å². The first-order chi connectivity index (χ1) is 9.92. The van der Waals surface area contributed by atoms with Crippen LogP contribution >= 0.6 is 0 Å². The van der Waals surface area contributed by atoms with Crippen molar-refractivity contribution >= 4 is 5.95 Å². The Morgan fingerprint density at radius 2 is 1.95 bits per heavy atom. The van der Waals surface area contributed by atoms with E-state index in [2.05, 4.69) is 25.1 Å². The number of rotatable bonds is 4. The van der Waals surface area contributed by atoms with Crippen LogP contribution in [0.2, 0.25) is 0 Å². The molecule has 5 heteroatoms. The van der Waals surface area contributed by atoms with Gasteiger partial charge in [-0.25, -0.2) is 9.97 Å². The van der Waals surface area contributed by atoms with Crippen molar-refractivity contribution in [1.82, 2.24) is 20.2 Å². The molecule has 2 fully saturated rings. The molecule has 1 aromatic rings. The standard InChI is InChI=1S/C15H25N5/c1-3-14(13-16-5-1)4-8-19-9-11-20(12-10-19)15-17-6-2-7-18-15/h2,6-7,14,16H,1,3-5,8-13H2. The van der Waals surface area contributed by atoms with Gasteiger partial charge in [0.25, 0.3) is 0 Å². The Labute approximate surface area is 121 Å². The largest absolute Gasteiger partial charge is 0.338 e. The molecule has 1 N–H and O–H groups in total. The fourth-order valence-electron chi connectivity index (χ4n) is 3.16. The van der Waals surface area contributed by atoms with Crippen molar-refractivity contribution in [3.8, 4) is 0 Å². The molecule has 0 aliphatic carbocycles. The highest BCUT2D eigenvalue weighted by Crippen LogP contribution is 2.16. The smallest absolute Gasteiger partial charge is 0.225 e. The van der Waals surface area contributed by atoms with E-state index in [1.54, 1.807) is 0 Å². The fraction of sp³-hybridized carbons (Fsp3) is 0.733. The highest BCUT2D eigenvalue weighted by Gasteiger charge is 2.20. The third-order valence-corrected chi connectivity index (χ3v) is 4.46. The summed E-state index contributed by atoms with van der Waals surface area (Å²) < 4.78 is 0. The van der Waals surface area contributed by atoms with E-state index in [0.29, 0.717) is 0 Å². The van der Waals surface area contributed by atoms with Crippen LogP contribution in [0.15, 0.2) is 18.5 Å². The molecule has 0 bridgehead atoms. The molecule has 2 aliphatic rings. The topological polar surface area (TPSA) is 44.3 Å². The second-order valence-corrected chi connectivity index (χ2v) is 5.88. The van der Waals surface area contributed by atoms with E-state index in [1.807, 2.05) is 18.5 Å². The van der Waals surface area contributed by atoms with Crippen LogP contribution in [0.5, 0.6) is 0 Å². The molecule has 2 aliphatic heterocycles. The summed E-state index contributed by atoms with van der Waals surface area (Å²) in [6.07, 6.45) is 7.75. The van der Waals surface area contributed by atoms with Gasteiger partial charge in [0.2, 0.25) is 5.95 Å². The molecule has 0 amide bonds. The van der Waals surface area contributed by atoms with E-state index in [1.165, 1.54) is 38.9 Å². The van der Waals surface area contributed by atoms with Gasteiger partial charge in [0.05, 0.1) is 0 Å². The van der Waals surface area contributed by atoms with Crippen LogP contribution in [-0.4, -0.2) is 60.7 Å². The van der Waals surface area contributed by atoms with E-state index in [4.69, 9.17) is 0 Å². The van der Waals surface area contributed by atoms with Crippen molar-refractivity contribution in [1.29, 1.82) is 0 Å². The van der Waals surface area contributed by atoms with E-state index >= 15 is 0 Å². The maximum atomic E-state index is 4.33. The molecule has 0 saturated carbocycles. The zero-order valence-electron chi connectivity index (χ0n) is 12.2. The minimum Gasteiger partial charge on any atom is -0.338 e. The number of nitrogens with one attached hydrogen (secondary N) is 1. The first-order valence-electron chi connectivity index (χ1n) is 7.87. The lowest BCUT2D eigenvalue weighted by Gasteiger charge is -2.35. The van der Waals surface area contributed by atoms with Crippen LogP contribution in [-0.2, 0) is 0 Å². The Balaban J connectivity index is 1.40. The first-order valence-corrected chi connectivity index (χ1v) is 7.87. The van der Waals surface area contributed by atoms with Crippen molar-refractivity contribution in [3.05, 3.63) is 18.5 Å². The number of hydrogen-bond donors (Lipinski definition) is 1. The summed E-state index contributed by atoms with van der Waals surface area (Å²) in [4.78, 5) is 13.6. The molecule has 5 nitrogen and oxygen atoms in total. The molecule has 2 saturated heterocycles. The average Bonchev–Trinajstić information content (AvgIpc) is 2.55. The highest BCUT2D eigenvalue weighted by atomic mass is 15.3. The van der Waals surface area contributed by atoms with E-state index in [9.17, 15) is 0 Å². The third kappa shape index (κ3) is 3.67. The average molecular weight is 275 g/mol. The molecule has 0 spiro atoms. The molecule has 3 rings (SSSR count). The normalized spacial score (nSPS) is 24.8. The highest BCUT2D eigenvalue weighted by molar-refractivity contribution is 5.29. The van der Waals surface area contributed by atoms with Gasteiger partial charge in [-0.2, -0.15) is 0 Å². The van der Waals surface area contributed by atoms with E-state index in [0.717, 1.165) is 38.0 Å². The van der Waals surface area contributed by atoms with Crippen LogP contribution in [0.3, 0.4) is 0 Å². The number of aromatic nitrogens is 2. The van der Waals surface area contributed by atoms with Crippen LogP contribution in [0, 0.1) is 5.92 Å². The van der Waals surface area contributed by atoms with Gasteiger partial charge in [-0.05, 0) is 50.9 Å². The minimum atomic E-state index is 0.878. The number of anilines is 1. The summed E-state index contributed by atoms with van der Waals surface area (Å²) in [5.41, 5.74) is 0. The molecule has 1 atom stereocenters. The van der Waals surface area contributed by atoms with Gasteiger partial charge in [-0.15, -0.1) is 0 Å². The predicted molar refractivity (Wildman–Crippen MR) is 80.9 cm³/mol. The van der Waals surface area contributed by atoms with E-state index < -0.39 is 0 Å². The van der Waals surface area contributed by atoms with Gasteiger partial charge >= 0.3 is 0 Å². The lowest BCUT2D eigenvalue weighted by atomic mass is 9.96. The van der Waals surface area contributed by atoms with E-state index in [-0.39, 0.29) is 0 Å². The SMILES string of the molecule is c1cnc(N2CCN(CCC3CCCNC3)CC2)nc1. The van der Waals surface area contributed by atoms with Gasteiger partial charge in [-0.1, -0.05) is 0 Å². The van der Waals surface area contributed by atoms with Gasteiger partial charge in [0.1, 0.15) is 0 Å². The summed E-state index contributed by atoms with van der Waals surface area (Å²) in [7, 11) is 0. The maximum Gasteiger partial charge on any atom is 0.225 e. The summed E-state index contributed by atoms with van der Waals surface area (Å²) in [5, 5.41) is 3.51. The van der Waals surface area contributed by atoms with Crippen molar-refractivity contribution in [2.75, 3.05) is 50.7 Å². The molecule has 3 heterocycles. The Morgan fingerprint density at radius 1 is 1.15 bits per heavy atom. The summed E-state index contributed by atoms with van der Waals surface area (Å²) in [6.45, 7) is 8.05. The minimum absolute atomic E-state index is 0.878. The molecule has 1 aromatic heterocycles. The first kappa shape index (κ1) is 13.8. The number of hydrogen-bond acceptors (Lipinski definition) is 5. The van der Waals surface area contributed by atoms with Gasteiger partial charge in [0, 0.05) is 38.6 Å². The zero-order valence-corrected chi connectivity index (χ0v) is 12.2. The Bertz CT molecular complexity index is 383.